The molecule has 1 aromatic heterocycles. The fraction of sp³-hybridized carbons (Fsp3) is 0.312. The molecular weight excluding hydrogens is 319 g/mol. The molecule has 0 bridgehead atoms. The first-order valence-corrected chi connectivity index (χ1v) is 7.55. The fourth-order valence-corrected chi connectivity index (χ4v) is 2.47. The average Bonchev–Trinajstić information content (AvgIpc) is 2.42. The Hall–Kier alpha value is -1.26. The second-order valence-electron chi connectivity index (χ2n) is 4.76. The van der Waals surface area contributed by atoms with Gasteiger partial charge >= 0.3 is 0 Å². The molecule has 106 valence electrons. The minimum atomic E-state index is -0.181. The average molecular weight is 337 g/mol. The highest BCUT2D eigenvalue weighted by Gasteiger charge is 2.11. The second-order valence-corrected chi connectivity index (χ2v) is 5.68. The van der Waals surface area contributed by atoms with Crippen molar-refractivity contribution in [1.82, 2.24) is 10.3 Å². The Morgan fingerprint density at radius 1 is 1.25 bits per heavy atom. The molecule has 4 heteroatoms. The molecule has 0 aliphatic carbocycles. The number of nitrogens with one attached hydrogen (secondary N) is 1. The van der Waals surface area contributed by atoms with Crippen LogP contribution < -0.4 is 5.32 Å². The number of halogens is 2. The summed E-state index contributed by atoms with van der Waals surface area (Å²) in [5.41, 5.74) is 2.05. The fourth-order valence-electron chi connectivity index (χ4n) is 2.23. The van der Waals surface area contributed by atoms with Crippen LogP contribution in [0.5, 0.6) is 0 Å². The SMILES string of the molecule is CCNC(Cc1cccc(F)c1)Cc1ccc(Br)cn1. The summed E-state index contributed by atoms with van der Waals surface area (Å²) >= 11 is 3.38. The van der Waals surface area contributed by atoms with Crippen LogP contribution in [0.25, 0.3) is 0 Å². The van der Waals surface area contributed by atoms with Gasteiger partial charge in [0.25, 0.3) is 0 Å². The Balaban J connectivity index is 2.05. The molecule has 0 spiro atoms. The van der Waals surface area contributed by atoms with Crippen molar-refractivity contribution in [2.45, 2.75) is 25.8 Å². The van der Waals surface area contributed by atoms with Crippen molar-refractivity contribution in [3.63, 3.8) is 0 Å². The van der Waals surface area contributed by atoms with Crippen molar-refractivity contribution in [3.05, 3.63) is 64.1 Å². The first-order chi connectivity index (χ1) is 9.67. The minimum absolute atomic E-state index is 0.181. The normalized spacial score (nSPS) is 12.3. The van der Waals surface area contributed by atoms with E-state index in [1.807, 2.05) is 18.2 Å². The summed E-state index contributed by atoms with van der Waals surface area (Å²) in [5, 5.41) is 3.44. The summed E-state index contributed by atoms with van der Waals surface area (Å²) in [6, 6.07) is 11.1. The Morgan fingerprint density at radius 2 is 2.10 bits per heavy atom. The van der Waals surface area contributed by atoms with E-state index in [1.165, 1.54) is 6.07 Å². The molecule has 0 radical (unpaired) electrons. The van der Waals surface area contributed by atoms with E-state index in [0.717, 1.165) is 35.1 Å². The van der Waals surface area contributed by atoms with Crippen LogP contribution in [-0.2, 0) is 12.8 Å². The Labute approximate surface area is 127 Å². The molecular formula is C16H18BrFN2. The topological polar surface area (TPSA) is 24.9 Å². The van der Waals surface area contributed by atoms with E-state index in [4.69, 9.17) is 0 Å². The maximum Gasteiger partial charge on any atom is 0.123 e. The number of benzene rings is 1. The van der Waals surface area contributed by atoms with Gasteiger partial charge in [-0.2, -0.15) is 0 Å². The summed E-state index contributed by atoms with van der Waals surface area (Å²) < 4.78 is 14.2. The molecule has 2 nitrogen and oxygen atoms in total. The van der Waals surface area contributed by atoms with Crippen molar-refractivity contribution in [3.8, 4) is 0 Å². The molecule has 0 aliphatic heterocycles. The number of hydrogen-bond donors (Lipinski definition) is 1. The lowest BCUT2D eigenvalue weighted by Gasteiger charge is -2.17. The van der Waals surface area contributed by atoms with Crippen LogP contribution in [0.2, 0.25) is 0 Å². The van der Waals surface area contributed by atoms with Gasteiger partial charge in [0, 0.05) is 28.8 Å². The third kappa shape index (κ3) is 4.69. The molecule has 1 unspecified atom stereocenters. The van der Waals surface area contributed by atoms with E-state index in [0.29, 0.717) is 0 Å². The number of pyridine rings is 1. The highest BCUT2D eigenvalue weighted by Crippen LogP contribution is 2.12. The predicted octanol–water partition coefficient (Wildman–Crippen LogP) is 3.75. The molecule has 0 saturated carbocycles. The smallest absolute Gasteiger partial charge is 0.123 e. The van der Waals surface area contributed by atoms with Gasteiger partial charge in [0.15, 0.2) is 0 Å². The zero-order valence-electron chi connectivity index (χ0n) is 11.4. The van der Waals surface area contributed by atoms with Crippen molar-refractivity contribution in [1.29, 1.82) is 0 Å². The van der Waals surface area contributed by atoms with Gasteiger partial charge in [0.1, 0.15) is 5.82 Å². The van der Waals surface area contributed by atoms with Gasteiger partial charge in [-0.15, -0.1) is 0 Å². The van der Waals surface area contributed by atoms with Crippen LogP contribution in [-0.4, -0.2) is 17.6 Å². The summed E-state index contributed by atoms with van der Waals surface area (Å²) in [4.78, 5) is 4.40. The molecule has 1 atom stereocenters. The lowest BCUT2D eigenvalue weighted by molar-refractivity contribution is 0.514. The van der Waals surface area contributed by atoms with E-state index in [9.17, 15) is 4.39 Å². The molecule has 0 fully saturated rings. The first kappa shape index (κ1) is 15.1. The highest BCUT2D eigenvalue weighted by molar-refractivity contribution is 9.10. The van der Waals surface area contributed by atoms with Gasteiger partial charge in [0.2, 0.25) is 0 Å². The molecule has 0 saturated heterocycles. The minimum Gasteiger partial charge on any atom is -0.314 e. The van der Waals surface area contributed by atoms with Gasteiger partial charge in [-0.25, -0.2) is 4.39 Å². The van der Waals surface area contributed by atoms with E-state index in [2.05, 4.69) is 33.2 Å². The van der Waals surface area contributed by atoms with Crippen LogP contribution in [0.15, 0.2) is 47.1 Å². The molecule has 0 aliphatic rings. The first-order valence-electron chi connectivity index (χ1n) is 6.75. The Morgan fingerprint density at radius 3 is 2.75 bits per heavy atom. The van der Waals surface area contributed by atoms with Gasteiger partial charge in [0.05, 0.1) is 0 Å². The largest absolute Gasteiger partial charge is 0.314 e. The number of nitrogens with zero attached hydrogens (tertiary/aromatic N) is 1. The lowest BCUT2D eigenvalue weighted by atomic mass is 10.0. The van der Waals surface area contributed by atoms with Crippen molar-refractivity contribution in [2.24, 2.45) is 0 Å². The van der Waals surface area contributed by atoms with Gasteiger partial charge in [-0.3, -0.25) is 4.98 Å². The third-order valence-corrected chi connectivity index (χ3v) is 3.58. The van der Waals surface area contributed by atoms with E-state index in [-0.39, 0.29) is 11.9 Å². The van der Waals surface area contributed by atoms with E-state index >= 15 is 0 Å². The number of likely N-dealkylation sites (N-methyl/N-ethyl adjacent to an activating group) is 1. The van der Waals surface area contributed by atoms with Crippen molar-refractivity contribution >= 4 is 15.9 Å². The van der Waals surface area contributed by atoms with Crippen LogP contribution in [0.3, 0.4) is 0 Å². The number of aromatic nitrogens is 1. The maximum atomic E-state index is 13.2. The Bertz CT molecular complexity index is 542. The van der Waals surface area contributed by atoms with Gasteiger partial charge in [-0.1, -0.05) is 19.1 Å². The third-order valence-electron chi connectivity index (χ3n) is 3.11. The maximum absolute atomic E-state index is 13.2. The molecule has 2 aromatic rings. The Kier molecular flexibility index (Phi) is 5.68. The highest BCUT2D eigenvalue weighted by atomic mass is 79.9. The second kappa shape index (κ2) is 7.50. The standard InChI is InChI=1S/C16H18BrFN2/c1-2-19-16(9-12-4-3-5-14(18)8-12)10-15-7-6-13(17)11-20-15/h3-8,11,16,19H,2,9-10H2,1H3. The molecule has 1 aromatic carbocycles. The quantitative estimate of drug-likeness (QED) is 0.868. The zero-order chi connectivity index (χ0) is 14.4. The molecule has 20 heavy (non-hydrogen) atoms. The molecule has 1 N–H and O–H groups in total. The molecule has 1 heterocycles. The van der Waals surface area contributed by atoms with Gasteiger partial charge < -0.3 is 5.32 Å². The zero-order valence-corrected chi connectivity index (χ0v) is 13.0. The summed E-state index contributed by atoms with van der Waals surface area (Å²) in [5.74, 6) is -0.181. The number of rotatable bonds is 6. The van der Waals surface area contributed by atoms with Crippen LogP contribution >= 0.6 is 15.9 Å². The van der Waals surface area contributed by atoms with Crippen LogP contribution in [0.4, 0.5) is 4.39 Å². The van der Waals surface area contributed by atoms with E-state index < -0.39 is 0 Å². The lowest BCUT2D eigenvalue weighted by Crippen LogP contribution is -2.33. The van der Waals surface area contributed by atoms with Crippen LogP contribution in [0, 0.1) is 5.82 Å². The van der Waals surface area contributed by atoms with Gasteiger partial charge in [-0.05, 0) is 58.7 Å². The summed E-state index contributed by atoms with van der Waals surface area (Å²) in [7, 11) is 0. The molecule has 0 amide bonds. The number of hydrogen-bond acceptors (Lipinski definition) is 2. The summed E-state index contributed by atoms with van der Waals surface area (Å²) in [6.07, 6.45) is 3.43. The van der Waals surface area contributed by atoms with Crippen LogP contribution in [0.1, 0.15) is 18.2 Å². The van der Waals surface area contributed by atoms with Crippen molar-refractivity contribution in [2.75, 3.05) is 6.54 Å². The van der Waals surface area contributed by atoms with E-state index in [1.54, 1.807) is 18.3 Å². The predicted molar refractivity (Wildman–Crippen MR) is 83.2 cm³/mol. The molecule has 2 rings (SSSR count). The van der Waals surface area contributed by atoms with Crippen molar-refractivity contribution < 1.29 is 4.39 Å². The summed E-state index contributed by atoms with van der Waals surface area (Å²) in [6.45, 7) is 2.96. The monoisotopic (exact) mass is 336 g/mol.